The van der Waals surface area contributed by atoms with Gasteiger partial charge in [-0.3, -0.25) is 0 Å². The molecule has 0 saturated carbocycles. The van der Waals surface area contributed by atoms with E-state index in [1.807, 2.05) is 27.7 Å². The molecule has 148 valence electrons. The third-order valence-corrected chi connectivity index (χ3v) is 3.38. The average Bonchev–Trinajstić information content (AvgIpc) is 2.69. The Balaban J connectivity index is -0.00000123. The van der Waals surface area contributed by atoms with E-state index in [-0.39, 0.29) is 5.92 Å². The van der Waals surface area contributed by atoms with E-state index in [1.165, 1.54) is 7.11 Å². The van der Waals surface area contributed by atoms with Crippen molar-refractivity contribution in [1.82, 2.24) is 0 Å². The highest BCUT2D eigenvalue weighted by atomic mass is 16.8. The summed E-state index contributed by atoms with van der Waals surface area (Å²) in [6.07, 6.45) is 10.7. The van der Waals surface area contributed by atoms with Crippen molar-refractivity contribution in [3.63, 3.8) is 0 Å². The van der Waals surface area contributed by atoms with Crippen LogP contribution in [0, 0.1) is 22.2 Å². The van der Waals surface area contributed by atoms with Gasteiger partial charge in [-0.25, -0.2) is 4.84 Å². The molecule has 0 radical (unpaired) electrons. The molecule has 0 N–H and O–H groups in total. The molecule has 0 atom stereocenters. The Morgan fingerprint density at radius 3 is 2.00 bits per heavy atom. The maximum absolute atomic E-state index is 11.8. The van der Waals surface area contributed by atoms with Crippen molar-refractivity contribution in [2.45, 2.75) is 74.1 Å². The zero-order valence-electron chi connectivity index (χ0n) is 18.1. The van der Waals surface area contributed by atoms with Gasteiger partial charge in [0.05, 0.1) is 16.5 Å². The first kappa shape index (κ1) is 28.6. The van der Waals surface area contributed by atoms with Crippen molar-refractivity contribution in [1.29, 1.82) is 5.26 Å². The maximum Gasteiger partial charge on any atom is 0.319 e. The molecule has 0 amide bonds. The van der Waals surface area contributed by atoms with Crippen molar-refractivity contribution >= 4 is 0 Å². The monoisotopic (exact) mass is 363 g/mol. The molecule has 0 aliphatic heterocycles. The number of allylic oxidation sites excluding steroid dienone is 5. The molecule has 0 spiro atoms. The Bertz CT molecular complexity index is 503. The second-order valence-electron chi connectivity index (χ2n) is 4.96. The fourth-order valence-electron chi connectivity index (χ4n) is 2.37. The Kier molecular flexibility index (Phi) is 23.0. The Morgan fingerprint density at radius 2 is 1.69 bits per heavy atom. The van der Waals surface area contributed by atoms with Crippen LogP contribution in [0.25, 0.3) is 0 Å². The van der Waals surface area contributed by atoms with E-state index in [1.54, 1.807) is 31.2 Å². The van der Waals surface area contributed by atoms with Crippen molar-refractivity contribution in [3.05, 3.63) is 52.6 Å². The summed E-state index contributed by atoms with van der Waals surface area (Å²) < 4.78 is 0. The highest BCUT2D eigenvalue weighted by Gasteiger charge is 2.23. The molecule has 0 heterocycles. The molecule has 0 aromatic carbocycles. The molecule has 0 fully saturated rings. The average molecular weight is 364 g/mol. The lowest BCUT2D eigenvalue weighted by Crippen LogP contribution is -2.09. The smallest absolute Gasteiger partial charge is 0.230 e. The van der Waals surface area contributed by atoms with Crippen molar-refractivity contribution in [2.75, 3.05) is 7.11 Å². The van der Waals surface area contributed by atoms with Crippen molar-refractivity contribution in [3.8, 4) is 6.07 Å². The molecular formula is C22H39N2O2+. The molecule has 0 bridgehead atoms. The fourth-order valence-corrected chi connectivity index (χ4v) is 2.37. The van der Waals surface area contributed by atoms with E-state index in [9.17, 15) is 10.2 Å². The van der Waals surface area contributed by atoms with E-state index >= 15 is 0 Å². The third-order valence-electron chi connectivity index (χ3n) is 3.38. The second kappa shape index (κ2) is 20.9. The van der Waals surface area contributed by atoms with Crippen LogP contribution in [0.5, 0.6) is 0 Å². The predicted molar refractivity (Wildman–Crippen MR) is 112 cm³/mol. The largest absolute Gasteiger partial charge is 0.319 e. The maximum atomic E-state index is 11.8. The zero-order chi connectivity index (χ0) is 21.0. The SMILES string of the molecule is C=C/C=C(/C=C(/C#N)C(CCC)CCC)C(=C/C)\[N+](=O)OC.CC.CC. The van der Waals surface area contributed by atoms with E-state index < -0.39 is 0 Å². The van der Waals surface area contributed by atoms with Gasteiger partial charge in [0.15, 0.2) is 7.11 Å². The Hall–Kier alpha value is -2.15. The van der Waals surface area contributed by atoms with Gasteiger partial charge in [-0.05, 0) is 43.9 Å². The molecule has 0 unspecified atom stereocenters. The van der Waals surface area contributed by atoms with Crippen LogP contribution >= 0.6 is 0 Å². The van der Waals surface area contributed by atoms with Crippen LogP contribution in [-0.2, 0) is 4.84 Å². The first-order valence-electron chi connectivity index (χ1n) is 9.71. The fraction of sp³-hybridized carbons (Fsp3) is 0.591. The van der Waals surface area contributed by atoms with E-state index in [2.05, 4.69) is 26.5 Å². The topological polar surface area (TPSA) is 53.1 Å². The van der Waals surface area contributed by atoms with E-state index in [0.29, 0.717) is 21.8 Å². The van der Waals surface area contributed by atoms with Crippen molar-refractivity contribution in [2.24, 2.45) is 5.92 Å². The lowest BCUT2D eigenvalue weighted by molar-refractivity contribution is -0.759. The molecule has 4 nitrogen and oxygen atoms in total. The molecule has 4 heteroatoms. The van der Waals surface area contributed by atoms with Gasteiger partial charge in [0.2, 0.25) is 0 Å². The van der Waals surface area contributed by atoms with Crippen molar-refractivity contribution < 1.29 is 9.76 Å². The molecule has 0 rings (SSSR count). The third kappa shape index (κ3) is 11.4. The number of hydrogen-bond donors (Lipinski definition) is 0. The minimum atomic E-state index is 0.217. The molecular weight excluding hydrogens is 324 g/mol. The number of rotatable bonds is 10. The van der Waals surface area contributed by atoms with Crippen LogP contribution < -0.4 is 0 Å². The molecule has 0 aliphatic rings. The normalized spacial score (nSPS) is 11.5. The highest BCUT2D eigenvalue weighted by Crippen LogP contribution is 2.25. The van der Waals surface area contributed by atoms with Gasteiger partial charge in [-0.15, -0.1) is 0 Å². The first-order valence-corrected chi connectivity index (χ1v) is 9.71. The summed E-state index contributed by atoms with van der Waals surface area (Å²) in [5, 5.41) is 9.50. The summed E-state index contributed by atoms with van der Waals surface area (Å²) in [5.74, 6) is 0.217. The second-order valence-corrected chi connectivity index (χ2v) is 4.96. The van der Waals surface area contributed by atoms with Gasteiger partial charge in [0.1, 0.15) is 0 Å². The number of nitrogens with zero attached hydrogens (tertiary/aromatic N) is 2. The summed E-state index contributed by atoms with van der Waals surface area (Å²) in [4.78, 5) is 17.0. The highest BCUT2D eigenvalue weighted by molar-refractivity contribution is 5.43. The van der Waals surface area contributed by atoms with Crippen LogP contribution in [0.15, 0.2) is 47.7 Å². The standard InChI is InChI=1S/C18H27N2O2.2C2H6/c1-6-10-15(11-7-2)17(14-19)13-16(12-8-3)18(9-4)20(21)22-5;2*1-2/h8-9,12-13,15H,3,6-7,10-11H2,1-2,4-5H3;2*1-2H3/q+1;;/b16-12-,17-13-,18-9+;;. The van der Waals surface area contributed by atoms with Gasteiger partial charge >= 0.3 is 5.70 Å². The summed E-state index contributed by atoms with van der Waals surface area (Å²) >= 11 is 0. The minimum absolute atomic E-state index is 0.217. The van der Waals surface area contributed by atoms with Crippen LogP contribution in [0.4, 0.5) is 0 Å². The number of hydrogen-bond acceptors (Lipinski definition) is 3. The molecule has 0 aromatic rings. The van der Waals surface area contributed by atoms with Gasteiger partial charge in [-0.2, -0.15) is 5.26 Å². The molecule has 26 heavy (non-hydrogen) atoms. The van der Waals surface area contributed by atoms with Crippen LogP contribution in [0.1, 0.15) is 74.1 Å². The van der Waals surface area contributed by atoms with Crippen LogP contribution in [0.3, 0.4) is 0 Å². The van der Waals surface area contributed by atoms with Gasteiger partial charge in [0.25, 0.3) is 4.92 Å². The molecule has 0 aliphatic carbocycles. The lowest BCUT2D eigenvalue weighted by Gasteiger charge is -2.14. The summed E-state index contributed by atoms with van der Waals surface area (Å²) in [7, 11) is 1.31. The Labute approximate surface area is 161 Å². The van der Waals surface area contributed by atoms with Gasteiger partial charge in [-0.1, -0.05) is 67.0 Å². The zero-order valence-corrected chi connectivity index (χ0v) is 18.1. The van der Waals surface area contributed by atoms with Gasteiger partial charge in [0, 0.05) is 5.57 Å². The first-order chi connectivity index (χ1) is 12.6. The summed E-state index contributed by atoms with van der Waals surface area (Å²) in [6.45, 7) is 17.7. The lowest BCUT2D eigenvalue weighted by atomic mass is 9.89. The minimum Gasteiger partial charge on any atom is -0.230 e. The predicted octanol–water partition coefficient (Wildman–Crippen LogP) is 7.06. The quantitative estimate of drug-likeness (QED) is 0.237. The summed E-state index contributed by atoms with van der Waals surface area (Å²) in [5.41, 5.74) is 1.69. The van der Waals surface area contributed by atoms with E-state index in [4.69, 9.17) is 4.84 Å². The Morgan fingerprint density at radius 1 is 1.19 bits per heavy atom. The summed E-state index contributed by atoms with van der Waals surface area (Å²) in [6, 6.07) is 2.29. The van der Waals surface area contributed by atoms with Crippen LogP contribution in [-0.4, -0.2) is 12.0 Å². The van der Waals surface area contributed by atoms with Crippen LogP contribution in [0.2, 0.25) is 0 Å². The number of nitriles is 1. The molecule has 0 aromatic heterocycles. The molecule has 0 saturated heterocycles. The van der Waals surface area contributed by atoms with Gasteiger partial charge < -0.3 is 0 Å². The van der Waals surface area contributed by atoms with E-state index in [0.717, 1.165) is 25.7 Å².